The van der Waals surface area contributed by atoms with E-state index in [1.165, 1.54) is 0 Å². The second-order valence-electron chi connectivity index (χ2n) is 5.65. The van der Waals surface area contributed by atoms with E-state index in [2.05, 4.69) is 31.2 Å². The number of aromatic nitrogens is 2. The number of hydrogen-bond acceptors (Lipinski definition) is 6. The Balaban J connectivity index is 1.76. The van der Waals surface area contributed by atoms with Crippen LogP contribution in [0.3, 0.4) is 0 Å². The van der Waals surface area contributed by atoms with Crippen LogP contribution in [0.1, 0.15) is 25.7 Å². The molecule has 1 aliphatic carbocycles. The number of anilines is 2. The Morgan fingerprint density at radius 3 is 2.57 bits per heavy atom. The van der Waals surface area contributed by atoms with E-state index < -0.39 is 0 Å². The Bertz CT molecular complexity index is 658. The maximum Gasteiger partial charge on any atom is 0.222 e. The number of nitrogen functional groups attached to an aromatic ring is 1. The molecule has 0 amide bonds. The third-order valence-corrected chi connectivity index (χ3v) is 4.38. The largest absolute Gasteiger partial charge is 0.452 e. The first-order chi connectivity index (χ1) is 11.1. The summed E-state index contributed by atoms with van der Waals surface area (Å²) in [6, 6.07) is 7.79. The van der Waals surface area contributed by atoms with Crippen molar-refractivity contribution in [3.8, 4) is 11.5 Å². The van der Waals surface area contributed by atoms with E-state index in [4.69, 9.17) is 10.5 Å². The van der Waals surface area contributed by atoms with Gasteiger partial charge in [-0.1, -0.05) is 15.9 Å². The van der Waals surface area contributed by atoms with Crippen molar-refractivity contribution in [2.45, 2.75) is 37.8 Å². The van der Waals surface area contributed by atoms with Gasteiger partial charge >= 0.3 is 0 Å². The van der Waals surface area contributed by atoms with Gasteiger partial charge in [0.15, 0.2) is 11.6 Å². The van der Waals surface area contributed by atoms with Crippen LogP contribution in [-0.4, -0.2) is 27.2 Å². The lowest BCUT2D eigenvalue weighted by atomic mass is 9.93. The number of aliphatic hydroxyl groups is 1. The number of benzene rings is 1. The van der Waals surface area contributed by atoms with Crippen molar-refractivity contribution < 1.29 is 9.84 Å². The highest BCUT2D eigenvalue weighted by Crippen LogP contribution is 2.31. The van der Waals surface area contributed by atoms with Gasteiger partial charge in [0.05, 0.1) is 12.3 Å². The number of nitrogens with two attached hydrogens (primary N) is 1. The molecule has 0 bridgehead atoms. The van der Waals surface area contributed by atoms with E-state index in [1.807, 2.05) is 24.3 Å². The summed E-state index contributed by atoms with van der Waals surface area (Å²) in [4.78, 5) is 8.27. The normalized spacial score (nSPS) is 21.0. The number of nitrogens with one attached hydrogen (secondary N) is 1. The van der Waals surface area contributed by atoms with Crippen LogP contribution in [0.15, 0.2) is 34.9 Å². The SMILES string of the molecule is Nc1ncc(Oc2ccc(Br)cc2)c(NC2CCC(O)CC2)n1. The molecule has 0 unspecified atom stereocenters. The maximum atomic E-state index is 9.61. The zero-order valence-corrected chi connectivity index (χ0v) is 14.2. The number of aliphatic hydroxyl groups excluding tert-OH is 1. The molecule has 0 spiro atoms. The molecule has 2 aromatic rings. The number of hydrogen-bond donors (Lipinski definition) is 3. The maximum absolute atomic E-state index is 9.61. The first kappa shape index (κ1) is 16.0. The molecular weight excluding hydrogens is 360 g/mol. The zero-order chi connectivity index (χ0) is 16.2. The Labute approximate surface area is 143 Å². The Hall–Kier alpha value is -1.86. The molecule has 1 aromatic carbocycles. The first-order valence-electron chi connectivity index (χ1n) is 7.60. The van der Waals surface area contributed by atoms with Crippen molar-refractivity contribution in [2.75, 3.05) is 11.1 Å². The molecule has 4 N–H and O–H groups in total. The van der Waals surface area contributed by atoms with E-state index in [0.717, 1.165) is 30.2 Å². The van der Waals surface area contributed by atoms with Crippen LogP contribution in [0, 0.1) is 0 Å². The molecule has 7 heteroatoms. The molecule has 6 nitrogen and oxygen atoms in total. The van der Waals surface area contributed by atoms with Crippen molar-refractivity contribution in [1.82, 2.24) is 9.97 Å². The molecule has 1 aromatic heterocycles. The predicted octanol–water partition coefficient (Wildman–Crippen LogP) is 3.33. The van der Waals surface area contributed by atoms with Gasteiger partial charge in [0, 0.05) is 10.5 Å². The van der Waals surface area contributed by atoms with Gasteiger partial charge in [-0.2, -0.15) is 4.98 Å². The van der Waals surface area contributed by atoms with Crippen molar-refractivity contribution in [2.24, 2.45) is 0 Å². The van der Waals surface area contributed by atoms with Crippen LogP contribution in [-0.2, 0) is 0 Å². The highest BCUT2D eigenvalue weighted by molar-refractivity contribution is 9.10. The molecule has 0 aliphatic heterocycles. The Kier molecular flexibility index (Phi) is 4.97. The van der Waals surface area contributed by atoms with Crippen LogP contribution in [0.4, 0.5) is 11.8 Å². The fourth-order valence-corrected chi connectivity index (χ4v) is 2.87. The molecule has 0 atom stereocenters. The highest BCUT2D eigenvalue weighted by Gasteiger charge is 2.21. The first-order valence-corrected chi connectivity index (χ1v) is 8.40. The summed E-state index contributed by atoms with van der Waals surface area (Å²) < 4.78 is 6.85. The van der Waals surface area contributed by atoms with Gasteiger partial charge in [-0.05, 0) is 49.9 Å². The highest BCUT2D eigenvalue weighted by atomic mass is 79.9. The number of rotatable bonds is 4. The summed E-state index contributed by atoms with van der Waals surface area (Å²) in [5.41, 5.74) is 5.70. The minimum absolute atomic E-state index is 0.193. The molecule has 0 saturated heterocycles. The topological polar surface area (TPSA) is 93.3 Å². The lowest BCUT2D eigenvalue weighted by Crippen LogP contribution is -2.28. The van der Waals surface area contributed by atoms with Gasteiger partial charge < -0.3 is 20.9 Å². The second-order valence-corrected chi connectivity index (χ2v) is 6.56. The summed E-state index contributed by atoms with van der Waals surface area (Å²) in [6.07, 6.45) is 4.75. The number of halogens is 1. The molecule has 23 heavy (non-hydrogen) atoms. The van der Waals surface area contributed by atoms with Gasteiger partial charge in [0.2, 0.25) is 5.95 Å². The summed E-state index contributed by atoms with van der Waals surface area (Å²) in [6.45, 7) is 0. The molecule has 122 valence electrons. The molecule has 1 saturated carbocycles. The van der Waals surface area contributed by atoms with Crippen molar-refractivity contribution in [3.05, 3.63) is 34.9 Å². The van der Waals surface area contributed by atoms with Crippen molar-refractivity contribution in [1.29, 1.82) is 0 Å². The second kappa shape index (κ2) is 7.14. The minimum Gasteiger partial charge on any atom is -0.452 e. The molecule has 1 fully saturated rings. The van der Waals surface area contributed by atoms with Crippen molar-refractivity contribution in [3.63, 3.8) is 0 Å². The standard InChI is InChI=1S/C16H19BrN4O2/c17-10-1-7-13(8-2-10)23-14-9-19-16(18)21-15(14)20-11-3-5-12(22)6-4-11/h1-2,7-9,11-12,22H,3-6H2,(H3,18,19,20,21). The van der Waals surface area contributed by atoms with Crippen LogP contribution >= 0.6 is 15.9 Å². The Morgan fingerprint density at radius 2 is 1.87 bits per heavy atom. The lowest BCUT2D eigenvalue weighted by molar-refractivity contribution is 0.126. The van der Waals surface area contributed by atoms with Gasteiger partial charge in [-0.3, -0.25) is 0 Å². The molecule has 1 aliphatic rings. The molecule has 0 radical (unpaired) electrons. The fraction of sp³-hybridized carbons (Fsp3) is 0.375. The summed E-state index contributed by atoms with van der Waals surface area (Å²) in [5.74, 6) is 2.02. The Morgan fingerprint density at radius 1 is 1.17 bits per heavy atom. The van der Waals surface area contributed by atoms with E-state index in [1.54, 1.807) is 6.20 Å². The van der Waals surface area contributed by atoms with Crippen LogP contribution in [0.2, 0.25) is 0 Å². The van der Waals surface area contributed by atoms with E-state index >= 15 is 0 Å². The van der Waals surface area contributed by atoms with Gasteiger partial charge in [0.25, 0.3) is 0 Å². The average Bonchev–Trinajstić information content (AvgIpc) is 2.54. The predicted molar refractivity (Wildman–Crippen MR) is 92.5 cm³/mol. The average molecular weight is 379 g/mol. The summed E-state index contributed by atoms with van der Waals surface area (Å²) in [5, 5.41) is 13.0. The van der Waals surface area contributed by atoms with E-state index in [9.17, 15) is 5.11 Å². The van der Waals surface area contributed by atoms with Crippen LogP contribution < -0.4 is 15.8 Å². The van der Waals surface area contributed by atoms with Crippen molar-refractivity contribution >= 4 is 27.7 Å². The van der Waals surface area contributed by atoms with Gasteiger partial charge in [-0.25, -0.2) is 4.98 Å². The summed E-state index contributed by atoms with van der Waals surface area (Å²) in [7, 11) is 0. The van der Waals surface area contributed by atoms with Gasteiger partial charge in [0.1, 0.15) is 5.75 Å². The quantitative estimate of drug-likeness (QED) is 0.755. The third kappa shape index (κ3) is 4.33. The number of ether oxygens (including phenoxy) is 1. The minimum atomic E-state index is -0.193. The lowest BCUT2D eigenvalue weighted by Gasteiger charge is -2.27. The number of nitrogens with zero attached hydrogens (tertiary/aromatic N) is 2. The monoisotopic (exact) mass is 378 g/mol. The summed E-state index contributed by atoms with van der Waals surface area (Å²) >= 11 is 3.40. The molecular formula is C16H19BrN4O2. The smallest absolute Gasteiger partial charge is 0.222 e. The van der Waals surface area contributed by atoms with E-state index in [-0.39, 0.29) is 18.1 Å². The molecule has 1 heterocycles. The van der Waals surface area contributed by atoms with Gasteiger partial charge in [-0.15, -0.1) is 0 Å². The fourth-order valence-electron chi connectivity index (χ4n) is 2.61. The molecule has 3 rings (SSSR count). The zero-order valence-electron chi connectivity index (χ0n) is 12.6. The van der Waals surface area contributed by atoms with E-state index in [0.29, 0.717) is 17.3 Å². The van der Waals surface area contributed by atoms with Crippen LogP contribution in [0.5, 0.6) is 11.5 Å². The van der Waals surface area contributed by atoms with Crippen LogP contribution in [0.25, 0.3) is 0 Å². The third-order valence-electron chi connectivity index (χ3n) is 3.85.